The summed E-state index contributed by atoms with van der Waals surface area (Å²) in [5.74, 6) is 1.66. The third kappa shape index (κ3) is 1.71. The van der Waals surface area contributed by atoms with Crippen LogP contribution < -0.4 is 0 Å². The molecular formula is C6H10O2S. The Morgan fingerprint density at radius 3 is 3.00 bits per heavy atom. The SMILES string of the molecule is OC/C=C1/CSC[C@@H]1O. The topological polar surface area (TPSA) is 40.5 Å². The van der Waals surface area contributed by atoms with Crippen LogP contribution in [0.1, 0.15) is 0 Å². The molecule has 1 aliphatic rings. The first-order valence-electron chi connectivity index (χ1n) is 2.90. The van der Waals surface area contributed by atoms with Crippen molar-refractivity contribution in [2.45, 2.75) is 6.10 Å². The van der Waals surface area contributed by atoms with E-state index in [0.29, 0.717) is 0 Å². The van der Waals surface area contributed by atoms with Gasteiger partial charge in [-0.2, -0.15) is 11.8 Å². The molecule has 1 atom stereocenters. The van der Waals surface area contributed by atoms with Crippen molar-refractivity contribution in [1.82, 2.24) is 0 Å². The quantitative estimate of drug-likeness (QED) is 0.512. The number of thioether (sulfide) groups is 1. The van der Waals surface area contributed by atoms with Crippen molar-refractivity contribution < 1.29 is 10.2 Å². The van der Waals surface area contributed by atoms with Gasteiger partial charge in [-0.15, -0.1) is 0 Å². The lowest BCUT2D eigenvalue weighted by Gasteiger charge is -1.99. The first-order valence-corrected chi connectivity index (χ1v) is 4.05. The minimum Gasteiger partial charge on any atom is -0.392 e. The second-order valence-electron chi connectivity index (χ2n) is 1.99. The molecule has 2 N–H and O–H groups in total. The summed E-state index contributed by atoms with van der Waals surface area (Å²) in [5, 5.41) is 17.6. The minimum absolute atomic E-state index is 0.0486. The summed E-state index contributed by atoms with van der Waals surface area (Å²) in [4.78, 5) is 0. The van der Waals surface area contributed by atoms with Gasteiger partial charge in [0.05, 0.1) is 12.7 Å². The fourth-order valence-electron chi connectivity index (χ4n) is 0.804. The normalized spacial score (nSPS) is 31.8. The number of rotatable bonds is 1. The van der Waals surface area contributed by atoms with Crippen molar-refractivity contribution in [2.24, 2.45) is 0 Å². The van der Waals surface area contributed by atoms with E-state index < -0.39 is 0 Å². The van der Waals surface area contributed by atoms with Crippen molar-refractivity contribution in [1.29, 1.82) is 0 Å². The summed E-state index contributed by atoms with van der Waals surface area (Å²) < 4.78 is 0. The molecule has 1 rings (SSSR count). The molecule has 9 heavy (non-hydrogen) atoms. The van der Waals surface area contributed by atoms with Crippen LogP contribution in [0.5, 0.6) is 0 Å². The molecule has 0 amide bonds. The van der Waals surface area contributed by atoms with E-state index in [-0.39, 0.29) is 12.7 Å². The zero-order valence-corrected chi connectivity index (χ0v) is 5.90. The van der Waals surface area contributed by atoms with Crippen molar-refractivity contribution in [2.75, 3.05) is 18.1 Å². The Morgan fingerprint density at radius 2 is 2.56 bits per heavy atom. The first kappa shape index (κ1) is 7.12. The Bertz CT molecular complexity index is 122. The zero-order valence-electron chi connectivity index (χ0n) is 5.08. The number of aliphatic hydroxyl groups excluding tert-OH is 2. The van der Waals surface area contributed by atoms with E-state index in [1.165, 1.54) is 0 Å². The van der Waals surface area contributed by atoms with Gasteiger partial charge in [0.1, 0.15) is 0 Å². The van der Waals surface area contributed by atoms with E-state index >= 15 is 0 Å². The lowest BCUT2D eigenvalue weighted by molar-refractivity contribution is 0.238. The maximum atomic E-state index is 9.12. The van der Waals surface area contributed by atoms with E-state index in [9.17, 15) is 0 Å². The van der Waals surface area contributed by atoms with Crippen LogP contribution in [0.4, 0.5) is 0 Å². The van der Waals surface area contributed by atoms with Crippen molar-refractivity contribution >= 4 is 11.8 Å². The summed E-state index contributed by atoms with van der Waals surface area (Å²) in [5.41, 5.74) is 0.975. The van der Waals surface area contributed by atoms with E-state index in [2.05, 4.69) is 0 Å². The fraction of sp³-hybridized carbons (Fsp3) is 0.667. The summed E-state index contributed by atoms with van der Waals surface area (Å²) in [6, 6.07) is 0. The molecule has 1 aliphatic heterocycles. The van der Waals surface area contributed by atoms with Gasteiger partial charge in [0.25, 0.3) is 0 Å². The minimum atomic E-state index is -0.304. The number of hydrogen-bond donors (Lipinski definition) is 2. The summed E-state index contributed by atoms with van der Waals surface area (Å²) >= 11 is 1.70. The largest absolute Gasteiger partial charge is 0.392 e. The maximum absolute atomic E-state index is 9.12. The second-order valence-corrected chi connectivity index (χ2v) is 3.02. The Balaban J connectivity index is 2.48. The average molecular weight is 146 g/mol. The molecule has 1 heterocycles. The van der Waals surface area contributed by atoms with Gasteiger partial charge in [0, 0.05) is 11.5 Å². The Labute approximate surface area is 58.6 Å². The molecule has 0 aliphatic carbocycles. The zero-order chi connectivity index (χ0) is 6.69. The highest BCUT2D eigenvalue weighted by Crippen LogP contribution is 2.22. The molecule has 0 saturated carbocycles. The maximum Gasteiger partial charge on any atom is 0.0849 e. The van der Waals surface area contributed by atoms with Gasteiger partial charge >= 0.3 is 0 Å². The molecule has 52 valence electrons. The molecule has 0 aromatic carbocycles. The summed E-state index contributed by atoms with van der Waals surface area (Å²) in [6.07, 6.45) is 1.38. The van der Waals surface area contributed by atoms with Crippen LogP contribution in [0, 0.1) is 0 Å². The van der Waals surface area contributed by atoms with Crippen LogP contribution in [0.3, 0.4) is 0 Å². The predicted molar refractivity (Wildman–Crippen MR) is 38.5 cm³/mol. The number of hydrogen-bond acceptors (Lipinski definition) is 3. The molecule has 0 radical (unpaired) electrons. The van der Waals surface area contributed by atoms with E-state index in [1.54, 1.807) is 17.8 Å². The third-order valence-corrected chi connectivity index (χ3v) is 2.41. The molecular weight excluding hydrogens is 136 g/mol. The molecule has 0 unspecified atom stereocenters. The van der Waals surface area contributed by atoms with Crippen LogP contribution in [0.25, 0.3) is 0 Å². The average Bonchev–Trinajstić information content (AvgIpc) is 2.18. The van der Waals surface area contributed by atoms with E-state index in [0.717, 1.165) is 17.1 Å². The van der Waals surface area contributed by atoms with Crippen molar-refractivity contribution in [3.05, 3.63) is 11.6 Å². The van der Waals surface area contributed by atoms with Crippen LogP contribution in [0.2, 0.25) is 0 Å². The van der Waals surface area contributed by atoms with Crippen LogP contribution >= 0.6 is 11.8 Å². The van der Waals surface area contributed by atoms with Gasteiger partial charge in [0.15, 0.2) is 0 Å². The van der Waals surface area contributed by atoms with Gasteiger partial charge in [-0.3, -0.25) is 0 Å². The third-order valence-electron chi connectivity index (χ3n) is 1.33. The molecule has 0 aromatic rings. The highest BCUT2D eigenvalue weighted by molar-refractivity contribution is 7.99. The summed E-state index contributed by atoms with van der Waals surface area (Å²) in [6.45, 7) is 0.0486. The van der Waals surface area contributed by atoms with Crippen molar-refractivity contribution in [3.63, 3.8) is 0 Å². The first-order chi connectivity index (χ1) is 4.34. The van der Waals surface area contributed by atoms with Gasteiger partial charge in [-0.05, 0) is 5.57 Å². The fourth-order valence-corrected chi connectivity index (χ4v) is 1.90. The molecule has 1 fully saturated rings. The van der Waals surface area contributed by atoms with Crippen LogP contribution in [0.15, 0.2) is 11.6 Å². The van der Waals surface area contributed by atoms with E-state index in [4.69, 9.17) is 10.2 Å². The highest BCUT2D eigenvalue weighted by atomic mass is 32.2. The Kier molecular flexibility index (Phi) is 2.57. The monoisotopic (exact) mass is 146 g/mol. The smallest absolute Gasteiger partial charge is 0.0849 e. The molecule has 3 heteroatoms. The van der Waals surface area contributed by atoms with Gasteiger partial charge < -0.3 is 10.2 Å². The van der Waals surface area contributed by atoms with Gasteiger partial charge in [0.2, 0.25) is 0 Å². The predicted octanol–water partition coefficient (Wildman–Crippen LogP) is 0.0128. The Hall–Kier alpha value is 0.01000. The molecule has 0 bridgehead atoms. The van der Waals surface area contributed by atoms with Crippen LogP contribution in [-0.2, 0) is 0 Å². The lowest BCUT2D eigenvalue weighted by Crippen LogP contribution is -2.06. The molecule has 1 saturated heterocycles. The lowest BCUT2D eigenvalue weighted by atomic mass is 10.2. The molecule has 2 nitrogen and oxygen atoms in total. The Morgan fingerprint density at radius 1 is 1.78 bits per heavy atom. The second kappa shape index (κ2) is 3.25. The molecule has 0 aromatic heterocycles. The highest BCUT2D eigenvalue weighted by Gasteiger charge is 2.17. The van der Waals surface area contributed by atoms with Gasteiger partial charge in [-0.25, -0.2) is 0 Å². The summed E-state index contributed by atoms with van der Waals surface area (Å²) in [7, 11) is 0. The van der Waals surface area contributed by atoms with Crippen LogP contribution in [-0.4, -0.2) is 34.4 Å². The standard InChI is InChI=1S/C6H10O2S/c7-2-1-5-3-9-4-6(5)8/h1,6-8H,2-4H2/b5-1-/t6-/m0/s1. The van der Waals surface area contributed by atoms with E-state index in [1.807, 2.05) is 0 Å². The molecule has 0 spiro atoms. The number of aliphatic hydroxyl groups is 2. The van der Waals surface area contributed by atoms with Crippen molar-refractivity contribution in [3.8, 4) is 0 Å². The van der Waals surface area contributed by atoms with Gasteiger partial charge in [-0.1, -0.05) is 6.08 Å².